The van der Waals surface area contributed by atoms with Crippen LogP contribution in [0.5, 0.6) is 0 Å². The molecule has 6 heteroatoms. The van der Waals surface area contributed by atoms with Crippen molar-refractivity contribution in [1.29, 1.82) is 0 Å². The van der Waals surface area contributed by atoms with E-state index in [1.54, 1.807) is 0 Å². The summed E-state index contributed by atoms with van der Waals surface area (Å²) >= 11 is 0. The first kappa shape index (κ1) is 10.2. The Balaban J connectivity index is 2.63. The molecule has 3 N–H and O–H groups in total. The number of carboxylic acid groups (broad SMARTS) is 2. The molecule has 0 unspecified atom stereocenters. The number of aromatic carboxylic acids is 1. The molecule has 0 amide bonds. The summed E-state index contributed by atoms with van der Waals surface area (Å²) in [7, 11) is 0. The number of rotatable bonds is 3. The number of aromatic nitrogens is 2. The smallest absolute Gasteiger partial charge is 0.335 e. The lowest BCUT2D eigenvalue weighted by Gasteiger charge is -2.01. The highest BCUT2D eigenvalue weighted by molar-refractivity contribution is 5.94. The predicted molar refractivity (Wildman–Crippen MR) is 54.4 cm³/mol. The number of nitrogens with one attached hydrogen (secondary N) is 1. The molecule has 0 bridgehead atoms. The number of carboxylic acids is 2. The van der Waals surface area contributed by atoms with Crippen molar-refractivity contribution in [3.05, 3.63) is 29.6 Å². The molecule has 0 atom stereocenters. The zero-order chi connectivity index (χ0) is 11.7. The molecule has 0 fully saturated rings. The van der Waals surface area contributed by atoms with Crippen molar-refractivity contribution >= 4 is 23.0 Å². The van der Waals surface area contributed by atoms with E-state index < -0.39 is 11.9 Å². The molecular weight excluding hydrogens is 212 g/mol. The van der Waals surface area contributed by atoms with Crippen LogP contribution in [0.4, 0.5) is 0 Å². The summed E-state index contributed by atoms with van der Waals surface area (Å²) in [5.41, 5.74) is 1.46. The first-order valence-electron chi connectivity index (χ1n) is 4.49. The summed E-state index contributed by atoms with van der Waals surface area (Å²) in [6, 6.07) is 2.76. The second kappa shape index (κ2) is 3.65. The van der Waals surface area contributed by atoms with E-state index in [0.717, 1.165) is 0 Å². The number of benzene rings is 1. The molecule has 2 aromatic rings. The van der Waals surface area contributed by atoms with Gasteiger partial charge in [-0.1, -0.05) is 0 Å². The number of aromatic amines is 1. The standard InChI is InChI=1S/C10H8N2O4/c13-8(14)3-5-1-6(10(15)16)2-7-9(5)12-4-11-7/h1-2,4H,3H2,(H,11,12)(H,13,14)(H,15,16). The number of carbonyl (C=O) groups is 2. The molecule has 0 saturated heterocycles. The molecule has 6 nitrogen and oxygen atoms in total. The van der Waals surface area contributed by atoms with E-state index in [9.17, 15) is 9.59 Å². The van der Waals surface area contributed by atoms with Crippen LogP contribution in [-0.2, 0) is 11.2 Å². The van der Waals surface area contributed by atoms with Gasteiger partial charge in [0.05, 0.1) is 29.3 Å². The van der Waals surface area contributed by atoms with Gasteiger partial charge in [0.25, 0.3) is 0 Å². The Morgan fingerprint density at radius 1 is 1.31 bits per heavy atom. The van der Waals surface area contributed by atoms with Gasteiger partial charge in [0, 0.05) is 0 Å². The van der Waals surface area contributed by atoms with Gasteiger partial charge in [-0.2, -0.15) is 0 Å². The van der Waals surface area contributed by atoms with E-state index in [1.165, 1.54) is 18.5 Å². The van der Waals surface area contributed by atoms with Crippen LogP contribution in [0.3, 0.4) is 0 Å². The Morgan fingerprint density at radius 2 is 2.06 bits per heavy atom. The Morgan fingerprint density at radius 3 is 2.69 bits per heavy atom. The molecule has 0 saturated carbocycles. The third-order valence-corrected chi connectivity index (χ3v) is 2.19. The van der Waals surface area contributed by atoms with Crippen molar-refractivity contribution < 1.29 is 19.8 Å². The molecule has 0 aliphatic carbocycles. The van der Waals surface area contributed by atoms with E-state index in [4.69, 9.17) is 10.2 Å². The first-order valence-corrected chi connectivity index (χ1v) is 4.49. The van der Waals surface area contributed by atoms with Gasteiger partial charge < -0.3 is 15.2 Å². The summed E-state index contributed by atoms with van der Waals surface area (Å²) in [4.78, 5) is 28.2. The van der Waals surface area contributed by atoms with Gasteiger partial charge >= 0.3 is 11.9 Å². The normalized spacial score (nSPS) is 10.5. The number of hydrogen-bond acceptors (Lipinski definition) is 3. The number of nitrogens with zero attached hydrogens (tertiary/aromatic N) is 1. The summed E-state index contributed by atoms with van der Waals surface area (Å²) in [6.45, 7) is 0. The fraction of sp³-hybridized carbons (Fsp3) is 0.100. The second-order valence-electron chi connectivity index (χ2n) is 3.31. The Bertz CT molecular complexity index is 573. The molecule has 16 heavy (non-hydrogen) atoms. The zero-order valence-electron chi connectivity index (χ0n) is 8.10. The van der Waals surface area contributed by atoms with Crippen molar-refractivity contribution in [1.82, 2.24) is 9.97 Å². The van der Waals surface area contributed by atoms with Gasteiger partial charge in [0.1, 0.15) is 0 Å². The van der Waals surface area contributed by atoms with Gasteiger partial charge in [0.15, 0.2) is 0 Å². The number of fused-ring (bicyclic) bond motifs is 1. The second-order valence-corrected chi connectivity index (χ2v) is 3.31. The van der Waals surface area contributed by atoms with Crippen LogP contribution in [0.25, 0.3) is 11.0 Å². The maximum atomic E-state index is 10.8. The molecular formula is C10H8N2O4. The van der Waals surface area contributed by atoms with Crippen LogP contribution in [0.1, 0.15) is 15.9 Å². The largest absolute Gasteiger partial charge is 0.481 e. The molecule has 2 rings (SSSR count). The maximum absolute atomic E-state index is 10.8. The van der Waals surface area contributed by atoms with Crippen LogP contribution in [0.15, 0.2) is 18.5 Å². The maximum Gasteiger partial charge on any atom is 0.335 e. The van der Waals surface area contributed by atoms with Crippen LogP contribution >= 0.6 is 0 Å². The lowest BCUT2D eigenvalue weighted by Crippen LogP contribution is -2.04. The van der Waals surface area contributed by atoms with E-state index in [2.05, 4.69) is 9.97 Å². The van der Waals surface area contributed by atoms with E-state index >= 15 is 0 Å². The van der Waals surface area contributed by atoms with Crippen molar-refractivity contribution in [3.8, 4) is 0 Å². The summed E-state index contributed by atoms with van der Waals surface area (Å²) in [6.07, 6.45) is 1.16. The van der Waals surface area contributed by atoms with Crippen LogP contribution in [0.2, 0.25) is 0 Å². The summed E-state index contributed by atoms with van der Waals surface area (Å²) in [5, 5.41) is 17.6. The van der Waals surface area contributed by atoms with Crippen LogP contribution in [-0.4, -0.2) is 32.1 Å². The first-order chi connectivity index (χ1) is 7.58. The topological polar surface area (TPSA) is 103 Å². The Labute approximate surface area is 89.5 Å². The SMILES string of the molecule is O=C(O)Cc1cc(C(=O)O)cc2[nH]cnc12. The van der Waals surface area contributed by atoms with Crippen molar-refractivity contribution in [3.63, 3.8) is 0 Å². The third kappa shape index (κ3) is 1.72. The van der Waals surface area contributed by atoms with Gasteiger partial charge in [-0.3, -0.25) is 4.79 Å². The van der Waals surface area contributed by atoms with Crippen LogP contribution < -0.4 is 0 Å². The van der Waals surface area contributed by atoms with Crippen LogP contribution in [0, 0.1) is 0 Å². The number of imidazole rings is 1. The van der Waals surface area contributed by atoms with Gasteiger partial charge in [0.2, 0.25) is 0 Å². The fourth-order valence-corrected chi connectivity index (χ4v) is 1.54. The minimum Gasteiger partial charge on any atom is -0.481 e. The number of aliphatic carboxylic acids is 1. The highest BCUT2D eigenvalue weighted by atomic mass is 16.4. The molecule has 0 radical (unpaired) electrons. The highest BCUT2D eigenvalue weighted by Gasteiger charge is 2.12. The molecule has 82 valence electrons. The minimum absolute atomic E-state index is 0.0491. The van der Waals surface area contributed by atoms with Crippen molar-refractivity contribution in [2.24, 2.45) is 0 Å². The quantitative estimate of drug-likeness (QED) is 0.712. The monoisotopic (exact) mass is 220 g/mol. The van der Waals surface area contributed by atoms with Crippen molar-refractivity contribution in [2.45, 2.75) is 6.42 Å². The van der Waals surface area contributed by atoms with Gasteiger partial charge in [-0.25, -0.2) is 9.78 Å². The molecule has 0 aliphatic heterocycles. The predicted octanol–water partition coefficient (Wildman–Crippen LogP) is 0.888. The van der Waals surface area contributed by atoms with E-state index in [0.29, 0.717) is 16.6 Å². The zero-order valence-corrected chi connectivity index (χ0v) is 8.10. The number of H-pyrrole nitrogens is 1. The average molecular weight is 220 g/mol. The summed E-state index contributed by atoms with van der Waals surface area (Å²) < 4.78 is 0. The number of hydrogen-bond donors (Lipinski definition) is 3. The molecule has 1 aromatic carbocycles. The molecule has 1 aromatic heterocycles. The Kier molecular flexibility index (Phi) is 2.32. The molecule has 0 spiro atoms. The fourth-order valence-electron chi connectivity index (χ4n) is 1.54. The third-order valence-electron chi connectivity index (χ3n) is 2.19. The molecule has 1 heterocycles. The van der Waals surface area contributed by atoms with Crippen molar-refractivity contribution in [2.75, 3.05) is 0 Å². The Hall–Kier alpha value is -2.37. The lowest BCUT2D eigenvalue weighted by atomic mass is 10.1. The van der Waals surface area contributed by atoms with Gasteiger partial charge in [-0.15, -0.1) is 0 Å². The lowest BCUT2D eigenvalue weighted by molar-refractivity contribution is -0.136. The minimum atomic E-state index is -1.09. The van der Waals surface area contributed by atoms with E-state index in [-0.39, 0.29) is 12.0 Å². The highest BCUT2D eigenvalue weighted by Crippen LogP contribution is 2.18. The van der Waals surface area contributed by atoms with E-state index in [1.807, 2.05) is 0 Å². The molecule has 0 aliphatic rings. The average Bonchev–Trinajstić information content (AvgIpc) is 2.64. The van der Waals surface area contributed by atoms with Gasteiger partial charge in [-0.05, 0) is 17.7 Å². The summed E-state index contributed by atoms with van der Waals surface area (Å²) in [5.74, 6) is -2.12.